The Morgan fingerprint density at radius 3 is 2.67 bits per heavy atom. The van der Waals surface area contributed by atoms with Gasteiger partial charge in [-0.3, -0.25) is 0 Å². The summed E-state index contributed by atoms with van der Waals surface area (Å²) in [4.78, 5) is 17.7. The molecule has 0 N–H and O–H groups in total. The molecule has 1 fully saturated rings. The van der Waals surface area contributed by atoms with Crippen molar-refractivity contribution in [3.8, 4) is 5.88 Å². The van der Waals surface area contributed by atoms with E-state index >= 15 is 0 Å². The summed E-state index contributed by atoms with van der Waals surface area (Å²) in [5, 5.41) is 0. The van der Waals surface area contributed by atoms with Gasteiger partial charge in [0.25, 0.3) is 0 Å². The topological polar surface area (TPSA) is 51.7 Å². The van der Waals surface area contributed by atoms with Crippen molar-refractivity contribution in [3.63, 3.8) is 0 Å². The van der Waals surface area contributed by atoms with Crippen LogP contribution in [0.25, 0.3) is 0 Å². The number of carbonyl (C=O) groups excluding carboxylic acids is 1. The van der Waals surface area contributed by atoms with Crippen LogP contribution in [0.3, 0.4) is 0 Å². The zero-order valence-corrected chi connectivity index (χ0v) is 15.3. The molecule has 1 aromatic heterocycles. The minimum atomic E-state index is -0.488. The molecular formula is C18H29FN2O3. The van der Waals surface area contributed by atoms with Crippen LogP contribution in [0.1, 0.15) is 47.5 Å². The minimum absolute atomic E-state index is 0.230. The summed E-state index contributed by atoms with van der Waals surface area (Å²) in [6.07, 6.45) is 2.76. The third-order valence-electron chi connectivity index (χ3n) is 3.34. The standard InChI is InChI=1S/C16H23FN2O3.C2H6/c1-16(2,3)22-15(20)19-8-4-5-12(10-19)11-21-14-7-6-13(17)9-18-14;1-2/h6-7,9,12H,4-5,8,10-11H2,1-3H3;1-2H3. The van der Waals surface area contributed by atoms with E-state index in [0.29, 0.717) is 25.6 Å². The summed E-state index contributed by atoms with van der Waals surface area (Å²) in [6.45, 7) is 11.3. The lowest BCUT2D eigenvalue weighted by Gasteiger charge is -2.33. The molecule has 0 aliphatic carbocycles. The second-order valence-corrected chi connectivity index (χ2v) is 6.56. The van der Waals surface area contributed by atoms with Crippen molar-refractivity contribution < 1.29 is 18.7 Å². The monoisotopic (exact) mass is 340 g/mol. The average Bonchev–Trinajstić information content (AvgIpc) is 2.55. The van der Waals surface area contributed by atoms with E-state index in [4.69, 9.17) is 9.47 Å². The summed E-state index contributed by atoms with van der Waals surface area (Å²) in [6, 6.07) is 2.82. The average molecular weight is 340 g/mol. The van der Waals surface area contributed by atoms with E-state index in [0.717, 1.165) is 19.0 Å². The largest absolute Gasteiger partial charge is 0.477 e. The molecule has 1 amide bonds. The van der Waals surface area contributed by atoms with Gasteiger partial charge in [0.05, 0.1) is 12.8 Å². The molecule has 0 spiro atoms. The van der Waals surface area contributed by atoms with Gasteiger partial charge in [0.2, 0.25) is 5.88 Å². The second kappa shape index (κ2) is 9.45. The SMILES string of the molecule is CC.CC(C)(C)OC(=O)N1CCCC(COc2ccc(F)cn2)C1. The molecule has 1 unspecified atom stereocenters. The summed E-state index contributed by atoms with van der Waals surface area (Å²) >= 11 is 0. The van der Waals surface area contributed by atoms with Crippen LogP contribution in [0.4, 0.5) is 9.18 Å². The molecule has 5 nitrogen and oxygen atoms in total. The molecule has 1 saturated heterocycles. The molecule has 2 heterocycles. The summed E-state index contributed by atoms with van der Waals surface area (Å²) in [7, 11) is 0. The van der Waals surface area contributed by atoms with Gasteiger partial charge in [-0.05, 0) is 39.7 Å². The predicted octanol–water partition coefficient (Wildman–Crippen LogP) is 4.27. The number of amides is 1. The van der Waals surface area contributed by atoms with Crippen molar-refractivity contribution in [1.29, 1.82) is 0 Å². The van der Waals surface area contributed by atoms with Crippen LogP contribution in [0.2, 0.25) is 0 Å². The normalized spacial score (nSPS) is 17.6. The fourth-order valence-electron chi connectivity index (χ4n) is 2.34. The van der Waals surface area contributed by atoms with E-state index in [1.165, 1.54) is 12.1 Å². The number of nitrogens with zero attached hydrogens (tertiary/aromatic N) is 2. The second-order valence-electron chi connectivity index (χ2n) is 6.56. The Kier molecular flexibility index (Phi) is 7.95. The molecule has 0 bridgehead atoms. The quantitative estimate of drug-likeness (QED) is 0.824. The maximum atomic E-state index is 12.8. The lowest BCUT2D eigenvalue weighted by atomic mass is 9.99. The van der Waals surface area contributed by atoms with Gasteiger partial charge in [-0.15, -0.1) is 0 Å². The number of piperidine rings is 1. The third-order valence-corrected chi connectivity index (χ3v) is 3.34. The highest BCUT2D eigenvalue weighted by molar-refractivity contribution is 5.68. The summed E-state index contributed by atoms with van der Waals surface area (Å²) in [5.74, 6) is 0.241. The lowest BCUT2D eigenvalue weighted by molar-refractivity contribution is 0.0138. The van der Waals surface area contributed by atoms with Gasteiger partial charge in [0.1, 0.15) is 11.4 Å². The van der Waals surface area contributed by atoms with Crippen LogP contribution < -0.4 is 4.74 Å². The number of ether oxygens (including phenoxy) is 2. The molecule has 0 radical (unpaired) electrons. The zero-order valence-electron chi connectivity index (χ0n) is 15.3. The fraction of sp³-hybridized carbons (Fsp3) is 0.667. The first-order chi connectivity index (χ1) is 11.3. The van der Waals surface area contributed by atoms with Crippen LogP contribution in [0.5, 0.6) is 5.88 Å². The molecular weight excluding hydrogens is 311 g/mol. The Morgan fingerprint density at radius 2 is 2.08 bits per heavy atom. The number of halogens is 1. The first-order valence-corrected chi connectivity index (χ1v) is 8.56. The van der Waals surface area contributed by atoms with E-state index in [-0.39, 0.29) is 17.8 Å². The van der Waals surface area contributed by atoms with Gasteiger partial charge in [-0.25, -0.2) is 14.2 Å². The van der Waals surface area contributed by atoms with Crippen LogP contribution in [0, 0.1) is 11.7 Å². The van der Waals surface area contributed by atoms with Gasteiger partial charge >= 0.3 is 6.09 Å². The highest BCUT2D eigenvalue weighted by Crippen LogP contribution is 2.20. The van der Waals surface area contributed by atoms with E-state index in [2.05, 4.69) is 4.98 Å². The molecule has 0 aromatic carbocycles. The number of hydrogen-bond donors (Lipinski definition) is 0. The van der Waals surface area contributed by atoms with E-state index < -0.39 is 5.60 Å². The highest BCUT2D eigenvalue weighted by Gasteiger charge is 2.27. The van der Waals surface area contributed by atoms with Gasteiger partial charge in [0.15, 0.2) is 0 Å². The third kappa shape index (κ3) is 7.15. The smallest absolute Gasteiger partial charge is 0.410 e. The van der Waals surface area contributed by atoms with Crippen LogP contribution in [-0.4, -0.2) is 41.3 Å². The highest BCUT2D eigenvalue weighted by atomic mass is 19.1. The number of carbonyl (C=O) groups is 1. The molecule has 1 aliphatic rings. The zero-order chi connectivity index (χ0) is 18.2. The maximum Gasteiger partial charge on any atom is 0.410 e. The van der Waals surface area contributed by atoms with E-state index in [9.17, 15) is 9.18 Å². The molecule has 1 aromatic rings. The molecule has 0 saturated carbocycles. The number of likely N-dealkylation sites (tertiary alicyclic amines) is 1. The van der Waals surface area contributed by atoms with Gasteiger partial charge in [-0.2, -0.15) is 0 Å². The molecule has 2 rings (SSSR count). The maximum absolute atomic E-state index is 12.8. The molecule has 6 heteroatoms. The Bertz CT molecular complexity index is 500. The van der Waals surface area contributed by atoms with Crippen LogP contribution >= 0.6 is 0 Å². The van der Waals surface area contributed by atoms with Crippen molar-refractivity contribution in [2.75, 3.05) is 19.7 Å². The number of rotatable bonds is 3. The summed E-state index contributed by atoms with van der Waals surface area (Å²) < 4.78 is 23.7. The Hall–Kier alpha value is -1.85. The summed E-state index contributed by atoms with van der Waals surface area (Å²) in [5.41, 5.74) is -0.488. The predicted molar refractivity (Wildman–Crippen MR) is 91.6 cm³/mol. The van der Waals surface area contributed by atoms with Gasteiger partial charge in [0, 0.05) is 25.1 Å². The fourth-order valence-corrected chi connectivity index (χ4v) is 2.34. The first-order valence-electron chi connectivity index (χ1n) is 8.56. The first kappa shape index (κ1) is 20.2. The van der Waals surface area contributed by atoms with E-state index in [1.54, 1.807) is 4.90 Å². The molecule has 24 heavy (non-hydrogen) atoms. The Balaban J connectivity index is 0.00000139. The van der Waals surface area contributed by atoms with E-state index in [1.807, 2.05) is 34.6 Å². The molecule has 136 valence electrons. The van der Waals surface area contributed by atoms with Crippen molar-refractivity contribution in [1.82, 2.24) is 9.88 Å². The Labute approximate surface area is 144 Å². The number of hydrogen-bond acceptors (Lipinski definition) is 4. The number of pyridine rings is 1. The molecule has 1 aliphatic heterocycles. The van der Waals surface area contributed by atoms with Gasteiger partial charge < -0.3 is 14.4 Å². The molecule has 1 atom stereocenters. The van der Waals surface area contributed by atoms with Crippen molar-refractivity contribution >= 4 is 6.09 Å². The van der Waals surface area contributed by atoms with Gasteiger partial charge in [-0.1, -0.05) is 13.8 Å². The van der Waals surface area contributed by atoms with Crippen molar-refractivity contribution in [2.24, 2.45) is 5.92 Å². The van der Waals surface area contributed by atoms with Crippen molar-refractivity contribution in [2.45, 2.75) is 53.1 Å². The van der Waals surface area contributed by atoms with Crippen LogP contribution in [-0.2, 0) is 4.74 Å². The van der Waals surface area contributed by atoms with Crippen molar-refractivity contribution in [3.05, 3.63) is 24.1 Å². The lowest BCUT2D eigenvalue weighted by Crippen LogP contribution is -2.44. The number of aromatic nitrogens is 1. The Morgan fingerprint density at radius 1 is 1.38 bits per heavy atom. The van der Waals surface area contributed by atoms with Crippen LogP contribution in [0.15, 0.2) is 18.3 Å². The minimum Gasteiger partial charge on any atom is -0.477 e.